The molecule has 0 spiro atoms. The maximum absolute atomic E-state index is 11.0. The maximum Gasteiger partial charge on any atom is 0.162 e. The van der Waals surface area contributed by atoms with Gasteiger partial charge < -0.3 is 9.47 Å². The number of carbonyl (C=O) groups excluding carboxylic acids is 1. The minimum absolute atomic E-state index is 0.353. The lowest BCUT2D eigenvalue weighted by molar-refractivity contribution is 0.112. The summed E-state index contributed by atoms with van der Waals surface area (Å²) in [4.78, 5) is 12.9. The number of hydrogen-bond acceptors (Lipinski definition) is 3. The Morgan fingerprint density at radius 3 is 2.50 bits per heavy atom. The Kier molecular flexibility index (Phi) is 6.21. The molecule has 5 heteroatoms. The summed E-state index contributed by atoms with van der Waals surface area (Å²) < 4.78 is 11.8. The average molecular weight is 426 g/mol. The topological polar surface area (TPSA) is 35.5 Å². The monoisotopic (exact) mass is 424 g/mol. The van der Waals surface area contributed by atoms with Crippen LogP contribution in [0.3, 0.4) is 0 Å². The van der Waals surface area contributed by atoms with Gasteiger partial charge in [-0.3, -0.25) is 4.79 Å². The fraction of sp³-hybridized carbons (Fsp3) is 0.118. The first-order valence-corrected chi connectivity index (χ1v) is 8.20. The van der Waals surface area contributed by atoms with E-state index in [-0.39, 0.29) is 0 Å². The highest BCUT2D eigenvalue weighted by atomic mass is 79.9. The van der Waals surface area contributed by atoms with Crippen molar-refractivity contribution in [2.24, 2.45) is 0 Å². The Bertz CT molecular complexity index is 682. The summed E-state index contributed by atoms with van der Waals surface area (Å²) in [5, 5.41) is 0. The molecule has 0 atom stereocenters. The Hall–Kier alpha value is -1.59. The number of hydrogen-bond donors (Lipinski definition) is 0. The van der Waals surface area contributed by atoms with E-state index in [0.29, 0.717) is 28.1 Å². The summed E-state index contributed by atoms with van der Waals surface area (Å²) in [7, 11) is 1.56. The zero-order valence-corrected chi connectivity index (χ0v) is 15.1. The van der Waals surface area contributed by atoms with Crippen molar-refractivity contribution in [3.8, 4) is 11.5 Å². The van der Waals surface area contributed by atoms with Gasteiger partial charge in [-0.05, 0) is 38.6 Å². The van der Waals surface area contributed by atoms with Crippen LogP contribution < -0.4 is 9.47 Å². The molecule has 0 aliphatic rings. The third-order valence-electron chi connectivity index (χ3n) is 3.07. The molecule has 0 bridgehead atoms. The summed E-state index contributed by atoms with van der Waals surface area (Å²) in [6.07, 6.45) is 0.773. The molecule has 2 aromatic rings. The molecule has 22 heavy (non-hydrogen) atoms. The van der Waals surface area contributed by atoms with Crippen molar-refractivity contribution < 1.29 is 14.3 Å². The lowest BCUT2D eigenvalue weighted by Crippen LogP contribution is -2.03. The Morgan fingerprint density at radius 2 is 1.91 bits per heavy atom. The number of methoxy groups -OCH3 is 1. The van der Waals surface area contributed by atoms with Crippen molar-refractivity contribution in [2.45, 2.75) is 0 Å². The van der Waals surface area contributed by atoms with E-state index in [1.807, 2.05) is 35.3 Å². The molecule has 0 aromatic heterocycles. The lowest BCUT2D eigenvalue weighted by atomic mass is 10.1. The van der Waals surface area contributed by atoms with Gasteiger partial charge in [-0.2, -0.15) is 0 Å². The first-order valence-electron chi connectivity index (χ1n) is 6.49. The van der Waals surface area contributed by atoms with E-state index < -0.39 is 0 Å². The Morgan fingerprint density at radius 1 is 1.18 bits per heavy atom. The van der Waals surface area contributed by atoms with Gasteiger partial charge in [-0.25, -0.2) is 0 Å². The fourth-order valence-electron chi connectivity index (χ4n) is 1.90. The number of ether oxygens (including phenoxy) is 2. The summed E-state index contributed by atoms with van der Waals surface area (Å²) in [5.41, 5.74) is 2.56. The van der Waals surface area contributed by atoms with Crippen LogP contribution in [0.1, 0.15) is 15.9 Å². The highest BCUT2D eigenvalue weighted by Gasteiger charge is 2.11. The van der Waals surface area contributed by atoms with E-state index in [4.69, 9.17) is 9.47 Å². The van der Waals surface area contributed by atoms with Crippen LogP contribution in [0.25, 0.3) is 5.57 Å². The SMILES string of the molecule is COc1cc(Br)c(C=O)cc1OC/C(=C\Br)c1ccccc1. The van der Waals surface area contributed by atoms with Gasteiger partial charge in [0.2, 0.25) is 0 Å². The van der Waals surface area contributed by atoms with Crippen LogP contribution in [0.2, 0.25) is 0 Å². The predicted molar refractivity (Wildman–Crippen MR) is 94.9 cm³/mol. The van der Waals surface area contributed by atoms with Crippen molar-refractivity contribution in [1.29, 1.82) is 0 Å². The molecule has 0 fully saturated rings. The van der Waals surface area contributed by atoms with Gasteiger partial charge >= 0.3 is 0 Å². The van der Waals surface area contributed by atoms with Gasteiger partial charge in [0.1, 0.15) is 6.61 Å². The smallest absolute Gasteiger partial charge is 0.162 e. The van der Waals surface area contributed by atoms with E-state index in [9.17, 15) is 4.79 Å². The van der Waals surface area contributed by atoms with Gasteiger partial charge in [-0.15, -0.1) is 0 Å². The van der Waals surface area contributed by atoms with Gasteiger partial charge in [-0.1, -0.05) is 46.3 Å². The third kappa shape index (κ3) is 3.99. The molecule has 0 unspecified atom stereocenters. The molecule has 0 aliphatic heterocycles. The van der Waals surface area contributed by atoms with Gasteiger partial charge in [0.15, 0.2) is 17.8 Å². The van der Waals surface area contributed by atoms with E-state index in [1.165, 1.54) is 0 Å². The molecule has 0 N–H and O–H groups in total. The van der Waals surface area contributed by atoms with Crippen molar-refractivity contribution in [3.05, 3.63) is 63.0 Å². The largest absolute Gasteiger partial charge is 0.493 e. The average Bonchev–Trinajstić information content (AvgIpc) is 2.57. The Balaban J connectivity index is 2.22. The minimum atomic E-state index is 0.353. The molecule has 3 nitrogen and oxygen atoms in total. The minimum Gasteiger partial charge on any atom is -0.493 e. The van der Waals surface area contributed by atoms with Crippen molar-refractivity contribution in [2.75, 3.05) is 13.7 Å². The van der Waals surface area contributed by atoms with Gasteiger partial charge in [0.05, 0.1) is 7.11 Å². The number of halogens is 2. The van der Waals surface area contributed by atoms with Crippen LogP contribution in [0.15, 0.2) is 51.9 Å². The lowest BCUT2D eigenvalue weighted by Gasteiger charge is -2.14. The van der Waals surface area contributed by atoms with E-state index in [2.05, 4.69) is 31.9 Å². The van der Waals surface area contributed by atoms with Gasteiger partial charge in [0.25, 0.3) is 0 Å². The van der Waals surface area contributed by atoms with Crippen LogP contribution in [0, 0.1) is 0 Å². The maximum atomic E-state index is 11.0. The van der Waals surface area contributed by atoms with E-state index >= 15 is 0 Å². The summed E-state index contributed by atoms with van der Waals surface area (Å²) in [5.74, 6) is 1.09. The summed E-state index contributed by atoms with van der Waals surface area (Å²) >= 11 is 6.69. The van der Waals surface area contributed by atoms with Crippen LogP contribution >= 0.6 is 31.9 Å². The summed E-state index contributed by atoms with van der Waals surface area (Å²) in [6, 6.07) is 13.3. The van der Waals surface area contributed by atoms with Crippen molar-refractivity contribution >= 4 is 43.7 Å². The first kappa shape index (κ1) is 16.8. The quantitative estimate of drug-likeness (QED) is 0.605. The van der Waals surface area contributed by atoms with Crippen molar-refractivity contribution in [1.82, 2.24) is 0 Å². The predicted octanol–water partition coefficient (Wildman–Crippen LogP) is 5.09. The van der Waals surface area contributed by atoms with E-state index in [0.717, 1.165) is 17.4 Å². The molecule has 2 aromatic carbocycles. The fourth-order valence-corrected chi connectivity index (χ4v) is 2.71. The zero-order valence-electron chi connectivity index (χ0n) is 11.9. The normalized spacial score (nSPS) is 11.1. The zero-order chi connectivity index (χ0) is 15.9. The second kappa shape index (κ2) is 8.15. The Labute approximate surface area is 146 Å². The number of benzene rings is 2. The molecule has 0 saturated carbocycles. The van der Waals surface area contributed by atoms with Gasteiger partial charge in [0, 0.05) is 15.6 Å². The second-order valence-electron chi connectivity index (χ2n) is 4.43. The standard InChI is InChI=1S/C17H14Br2O3/c1-21-16-8-15(19)13(10-20)7-17(16)22-11-14(9-18)12-5-3-2-4-6-12/h2-10H,11H2,1H3/b14-9+. The molecule has 2 rings (SSSR count). The number of rotatable bonds is 6. The van der Waals surface area contributed by atoms with Crippen LogP contribution in [0.5, 0.6) is 11.5 Å². The molecule has 0 radical (unpaired) electrons. The first-order chi connectivity index (χ1) is 10.7. The second-order valence-corrected chi connectivity index (χ2v) is 5.74. The molecule has 0 aliphatic carbocycles. The number of carbonyl (C=O) groups is 1. The molecular weight excluding hydrogens is 412 g/mol. The highest BCUT2D eigenvalue weighted by Crippen LogP contribution is 2.33. The molecular formula is C17H14Br2O3. The van der Waals surface area contributed by atoms with Crippen LogP contribution in [0.4, 0.5) is 0 Å². The molecule has 0 heterocycles. The van der Waals surface area contributed by atoms with Crippen LogP contribution in [-0.2, 0) is 0 Å². The van der Waals surface area contributed by atoms with Crippen molar-refractivity contribution in [3.63, 3.8) is 0 Å². The number of aldehydes is 1. The summed E-state index contributed by atoms with van der Waals surface area (Å²) in [6.45, 7) is 0.353. The van der Waals surface area contributed by atoms with E-state index in [1.54, 1.807) is 19.2 Å². The highest BCUT2D eigenvalue weighted by molar-refractivity contribution is 9.11. The third-order valence-corrected chi connectivity index (χ3v) is 4.31. The molecule has 0 amide bonds. The molecule has 114 valence electrons. The van der Waals surface area contributed by atoms with Crippen LogP contribution in [-0.4, -0.2) is 20.0 Å². The molecule has 0 saturated heterocycles.